The molecule has 0 radical (unpaired) electrons. The van der Waals surface area contributed by atoms with Crippen molar-refractivity contribution < 1.29 is 19.5 Å². The molecule has 0 bridgehead atoms. The fraction of sp³-hybridized carbons (Fsp3) is 0.727. The second-order valence-electron chi connectivity index (χ2n) is 4.40. The van der Waals surface area contributed by atoms with Crippen LogP contribution in [0.4, 0.5) is 4.79 Å². The second-order valence-corrected chi connectivity index (χ2v) is 4.40. The van der Waals surface area contributed by atoms with E-state index in [-0.39, 0.29) is 18.9 Å². The zero-order valence-electron chi connectivity index (χ0n) is 10.9. The number of nitrogens with one attached hydrogen (secondary N) is 3. The van der Waals surface area contributed by atoms with Crippen LogP contribution in [0.25, 0.3) is 0 Å². The summed E-state index contributed by atoms with van der Waals surface area (Å²) in [6, 6.07) is -1.21. The van der Waals surface area contributed by atoms with E-state index in [9.17, 15) is 14.4 Å². The molecule has 0 aliphatic carbocycles. The van der Waals surface area contributed by atoms with Crippen LogP contribution in [0.3, 0.4) is 0 Å². The molecule has 18 heavy (non-hydrogen) atoms. The molecule has 0 saturated carbocycles. The van der Waals surface area contributed by atoms with Crippen molar-refractivity contribution in [3.05, 3.63) is 0 Å². The van der Waals surface area contributed by atoms with Crippen molar-refractivity contribution in [2.75, 3.05) is 13.1 Å². The Balaban J connectivity index is 3.84. The Morgan fingerprint density at radius 1 is 1.11 bits per heavy atom. The molecule has 0 rings (SSSR count). The highest BCUT2D eigenvalue weighted by molar-refractivity contribution is 5.86. The van der Waals surface area contributed by atoms with Gasteiger partial charge in [0.1, 0.15) is 6.04 Å². The molecule has 0 aliphatic heterocycles. The molecule has 0 aliphatic rings. The van der Waals surface area contributed by atoms with Gasteiger partial charge in [-0.15, -0.1) is 0 Å². The summed E-state index contributed by atoms with van der Waals surface area (Å²) in [5.74, 6) is -0.916. The number of amides is 3. The van der Waals surface area contributed by atoms with Gasteiger partial charge in [-0.05, 0) is 12.8 Å². The summed E-state index contributed by atoms with van der Waals surface area (Å²) < 4.78 is 0. The first kappa shape index (κ1) is 16.2. The second kappa shape index (κ2) is 8.32. The lowest BCUT2D eigenvalue weighted by atomic mass is 10.2. The molecule has 3 amide bonds. The number of urea groups is 1. The van der Waals surface area contributed by atoms with Crippen LogP contribution >= 0.6 is 0 Å². The van der Waals surface area contributed by atoms with Gasteiger partial charge >= 0.3 is 12.0 Å². The first-order valence-electron chi connectivity index (χ1n) is 5.86. The minimum atomic E-state index is -0.988. The largest absolute Gasteiger partial charge is 0.481 e. The molecule has 104 valence electrons. The summed E-state index contributed by atoms with van der Waals surface area (Å²) in [5.41, 5.74) is 0. The molecule has 0 aromatic heterocycles. The normalized spacial score (nSPS) is 11.8. The van der Waals surface area contributed by atoms with E-state index in [1.165, 1.54) is 0 Å². The smallest absolute Gasteiger partial charge is 0.315 e. The lowest BCUT2D eigenvalue weighted by molar-refractivity contribution is -0.136. The van der Waals surface area contributed by atoms with Gasteiger partial charge in [0.15, 0.2) is 0 Å². The highest BCUT2D eigenvalue weighted by atomic mass is 16.4. The third kappa shape index (κ3) is 8.37. The van der Waals surface area contributed by atoms with E-state index in [1.54, 1.807) is 6.92 Å². The van der Waals surface area contributed by atoms with Crippen LogP contribution < -0.4 is 16.0 Å². The zero-order chi connectivity index (χ0) is 14.1. The van der Waals surface area contributed by atoms with Crippen molar-refractivity contribution >= 4 is 17.9 Å². The van der Waals surface area contributed by atoms with Crippen LogP contribution in [0.15, 0.2) is 0 Å². The molecule has 1 unspecified atom stereocenters. The molecule has 0 spiro atoms. The molecule has 0 fully saturated rings. The van der Waals surface area contributed by atoms with Crippen molar-refractivity contribution in [3.63, 3.8) is 0 Å². The van der Waals surface area contributed by atoms with E-state index in [2.05, 4.69) is 16.0 Å². The van der Waals surface area contributed by atoms with E-state index < -0.39 is 18.0 Å². The minimum Gasteiger partial charge on any atom is -0.481 e. The van der Waals surface area contributed by atoms with Crippen molar-refractivity contribution in [2.45, 2.75) is 33.2 Å². The number of hydrogen-bond donors (Lipinski definition) is 4. The number of carbonyl (C=O) groups excluding carboxylic acids is 2. The molecule has 7 heteroatoms. The fourth-order valence-electron chi connectivity index (χ4n) is 1.05. The maximum atomic E-state index is 11.5. The first-order chi connectivity index (χ1) is 8.32. The predicted octanol–water partition coefficient (Wildman–Crippen LogP) is -0.0790. The monoisotopic (exact) mass is 259 g/mol. The summed E-state index contributed by atoms with van der Waals surface area (Å²) in [6.07, 6.45) is -0.151. The topological polar surface area (TPSA) is 108 Å². The third-order valence-corrected chi connectivity index (χ3v) is 2.05. The van der Waals surface area contributed by atoms with Gasteiger partial charge in [-0.3, -0.25) is 9.59 Å². The summed E-state index contributed by atoms with van der Waals surface area (Å²) in [7, 11) is 0. The van der Waals surface area contributed by atoms with Crippen molar-refractivity contribution in [1.29, 1.82) is 0 Å². The zero-order valence-corrected chi connectivity index (χ0v) is 10.9. The Bertz CT molecular complexity index is 305. The summed E-state index contributed by atoms with van der Waals surface area (Å²) in [6.45, 7) is 6.08. The van der Waals surface area contributed by atoms with Crippen LogP contribution in [0.5, 0.6) is 0 Å². The average molecular weight is 259 g/mol. The lowest BCUT2D eigenvalue weighted by Gasteiger charge is -2.15. The van der Waals surface area contributed by atoms with Crippen LogP contribution in [0.2, 0.25) is 0 Å². The third-order valence-electron chi connectivity index (χ3n) is 2.05. The van der Waals surface area contributed by atoms with Gasteiger partial charge in [-0.1, -0.05) is 13.8 Å². The Kier molecular flexibility index (Phi) is 7.50. The summed E-state index contributed by atoms with van der Waals surface area (Å²) >= 11 is 0. The van der Waals surface area contributed by atoms with Gasteiger partial charge in [-0.2, -0.15) is 0 Å². The Hall–Kier alpha value is -1.79. The van der Waals surface area contributed by atoms with Crippen molar-refractivity contribution in [1.82, 2.24) is 16.0 Å². The number of hydrogen-bond acceptors (Lipinski definition) is 3. The van der Waals surface area contributed by atoms with Gasteiger partial charge < -0.3 is 21.1 Å². The molecule has 4 N–H and O–H groups in total. The van der Waals surface area contributed by atoms with E-state index in [1.807, 2.05) is 13.8 Å². The van der Waals surface area contributed by atoms with E-state index >= 15 is 0 Å². The molecule has 7 nitrogen and oxygen atoms in total. The van der Waals surface area contributed by atoms with E-state index in [0.29, 0.717) is 12.5 Å². The fourth-order valence-corrected chi connectivity index (χ4v) is 1.05. The standard InChI is InChI=1S/C11H21N3O4/c1-7(2)6-13-10(17)8(3)14-11(18)12-5-4-9(15)16/h7-8H,4-6H2,1-3H3,(H,13,17)(H,15,16)(H2,12,14,18). The van der Waals surface area contributed by atoms with E-state index in [4.69, 9.17) is 5.11 Å². The molecule has 0 aromatic carbocycles. The highest BCUT2D eigenvalue weighted by Crippen LogP contribution is 1.89. The number of rotatable bonds is 7. The predicted molar refractivity (Wildman–Crippen MR) is 66.1 cm³/mol. The molecule has 0 aromatic rings. The molecular formula is C11H21N3O4. The average Bonchev–Trinajstić information content (AvgIpc) is 2.24. The Morgan fingerprint density at radius 3 is 2.22 bits per heavy atom. The summed E-state index contributed by atoms with van der Waals surface area (Å²) in [4.78, 5) is 33.0. The lowest BCUT2D eigenvalue weighted by Crippen LogP contribution is -2.49. The van der Waals surface area contributed by atoms with Crippen molar-refractivity contribution in [3.8, 4) is 0 Å². The van der Waals surface area contributed by atoms with Gasteiger partial charge in [0, 0.05) is 13.1 Å². The van der Waals surface area contributed by atoms with Crippen LogP contribution in [0, 0.1) is 5.92 Å². The number of carboxylic acid groups (broad SMARTS) is 1. The van der Waals surface area contributed by atoms with Gasteiger partial charge in [0.05, 0.1) is 6.42 Å². The van der Waals surface area contributed by atoms with Crippen LogP contribution in [-0.4, -0.2) is 42.1 Å². The summed E-state index contributed by atoms with van der Waals surface area (Å²) in [5, 5.41) is 15.8. The molecule has 0 saturated heterocycles. The maximum absolute atomic E-state index is 11.5. The van der Waals surface area contributed by atoms with Crippen LogP contribution in [-0.2, 0) is 9.59 Å². The highest BCUT2D eigenvalue weighted by Gasteiger charge is 2.15. The first-order valence-corrected chi connectivity index (χ1v) is 5.86. The van der Waals surface area contributed by atoms with E-state index in [0.717, 1.165) is 0 Å². The Morgan fingerprint density at radius 2 is 1.72 bits per heavy atom. The number of carboxylic acids is 1. The van der Waals surface area contributed by atoms with Gasteiger partial charge in [-0.25, -0.2) is 4.79 Å². The van der Waals surface area contributed by atoms with Gasteiger partial charge in [0.2, 0.25) is 5.91 Å². The molecule has 0 heterocycles. The SMILES string of the molecule is CC(C)CNC(=O)C(C)NC(=O)NCCC(=O)O. The Labute approximate surface area is 106 Å². The van der Waals surface area contributed by atoms with Crippen LogP contribution in [0.1, 0.15) is 27.2 Å². The molecule has 1 atom stereocenters. The molecular weight excluding hydrogens is 238 g/mol. The number of carbonyl (C=O) groups is 3. The maximum Gasteiger partial charge on any atom is 0.315 e. The van der Waals surface area contributed by atoms with Crippen molar-refractivity contribution in [2.24, 2.45) is 5.92 Å². The van der Waals surface area contributed by atoms with Gasteiger partial charge in [0.25, 0.3) is 0 Å². The quantitative estimate of drug-likeness (QED) is 0.513. The minimum absolute atomic E-state index is 0.0293. The number of aliphatic carboxylic acids is 1.